The van der Waals surface area contributed by atoms with Crippen LogP contribution < -0.4 is 0 Å². The number of piperidine rings is 1. The van der Waals surface area contributed by atoms with Crippen molar-refractivity contribution in [1.29, 1.82) is 0 Å². The normalized spacial score (nSPS) is 33.0. The third kappa shape index (κ3) is 2.18. The van der Waals surface area contributed by atoms with Crippen molar-refractivity contribution in [3.63, 3.8) is 0 Å². The molecule has 1 aromatic rings. The summed E-state index contributed by atoms with van der Waals surface area (Å²) in [5, 5.41) is 10.0. The zero-order valence-corrected chi connectivity index (χ0v) is 12.6. The molecule has 21 heavy (non-hydrogen) atoms. The maximum Gasteiger partial charge on any atom is 0.226 e. The number of rotatable bonds is 1. The molecule has 2 fully saturated rings. The molecule has 1 aliphatic heterocycles. The molecule has 3 nitrogen and oxygen atoms in total. The summed E-state index contributed by atoms with van der Waals surface area (Å²) in [6.07, 6.45) is 3.69. The van der Waals surface area contributed by atoms with Crippen LogP contribution in [0.3, 0.4) is 0 Å². The van der Waals surface area contributed by atoms with Gasteiger partial charge in [-0.1, -0.05) is 24.3 Å². The van der Waals surface area contributed by atoms with Gasteiger partial charge in [0.15, 0.2) is 0 Å². The van der Waals surface area contributed by atoms with Gasteiger partial charge in [0.25, 0.3) is 0 Å². The number of carbonyl (C=O) groups excluding carboxylic acids is 1. The summed E-state index contributed by atoms with van der Waals surface area (Å²) >= 11 is 0. The average molecular weight is 285 g/mol. The van der Waals surface area contributed by atoms with Crippen molar-refractivity contribution < 1.29 is 9.90 Å². The number of hydrogen-bond donors (Lipinski definition) is 1. The highest BCUT2D eigenvalue weighted by Crippen LogP contribution is 2.60. The molecular weight excluding hydrogens is 262 g/mol. The fourth-order valence-electron chi connectivity index (χ4n) is 4.32. The predicted octanol–water partition coefficient (Wildman–Crippen LogP) is 2.34. The van der Waals surface area contributed by atoms with Crippen LogP contribution in [0.2, 0.25) is 0 Å². The molecule has 1 saturated heterocycles. The Morgan fingerprint density at radius 1 is 1.29 bits per heavy atom. The van der Waals surface area contributed by atoms with Crippen LogP contribution in [-0.2, 0) is 11.2 Å². The molecule has 0 bridgehead atoms. The quantitative estimate of drug-likeness (QED) is 0.860. The van der Waals surface area contributed by atoms with Crippen LogP contribution in [-0.4, -0.2) is 34.6 Å². The van der Waals surface area contributed by atoms with E-state index >= 15 is 0 Å². The molecule has 1 saturated carbocycles. The number of fused-ring (bicyclic) bond motifs is 3. The summed E-state index contributed by atoms with van der Waals surface area (Å²) in [7, 11) is 0. The Labute approximate surface area is 126 Å². The van der Waals surface area contributed by atoms with Crippen molar-refractivity contribution in [2.24, 2.45) is 11.8 Å². The lowest BCUT2D eigenvalue weighted by atomic mass is 9.92. The summed E-state index contributed by atoms with van der Waals surface area (Å²) in [6.45, 7) is 3.30. The topological polar surface area (TPSA) is 40.5 Å². The first kappa shape index (κ1) is 13.3. The average Bonchev–Trinajstić information content (AvgIpc) is 3.21. The number of aliphatic hydroxyl groups is 1. The Morgan fingerprint density at radius 3 is 2.76 bits per heavy atom. The molecule has 4 rings (SSSR count). The van der Waals surface area contributed by atoms with Crippen molar-refractivity contribution in [2.75, 3.05) is 13.1 Å². The second-order valence-corrected chi connectivity index (χ2v) is 7.28. The van der Waals surface area contributed by atoms with E-state index < -0.39 is 5.60 Å². The zero-order valence-electron chi connectivity index (χ0n) is 12.6. The largest absolute Gasteiger partial charge is 0.390 e. The molecule has 2 aliphatic carbocycles. The number of aryl methyl sites for hydroxylation is 1. The van der Waals surface area contributed by atoms with Crippen molar-refractivity contribution >= 4 is 5.91 Å². The lowest BCUT2D eigenvalue weighted by Crippen LogP contribution is -2.45. The lowest BCUT2D eigenvalue weighted by Gasteiger charge is -2.36. The van der Waals surface area contributed by atoms with Crippen LogP contribution >= 0.6 is 0 Å². The first-order valence-electron chi connectivity index (χ1n) is 8.16. The van der Waals surface area contributed by atoms with E-state index in [1.165, 1.54) is 11.1 Å². The second-order valence-electron chi connectivity index (χ2n) is 7.28. The maximum atomic E-state index is 12.8. The predicted molar refractivity (Wildman–Crippen MR) is 80.9 cm³/mol. The number of amides is 1. The third-order valence-corrected chi connectivity index (χ3v) is 5.77. The van der Waals surface area contributed by atoms with Gasteiger partial charge in [-0.3, -0.25) is 4.79 Å². The van der Waals surface area contributed by atoms with Crippen LogP contribution in [0.15, 0.2) is 24.3 Å². The van der Waals surface area contributed by atoms with Crippen LogP contribution in [0.4, 0.5) is 0 Å². The molecule has 1 N–H and O–H groups in total. The van der Waals surface area contributed by atoms with Crippen molar-refractivity contribution in [1.82, 2.24) is 4.90 Å². The molecule has 3 heteroatoms. The summed E-state index contributed by atoms with van der Waals surface area (Å²) < 4.78 is 0. The van der Waals surface area contributed by atoms with E-state index in [1.807, 2.05) is 11.8 Å². The van der Waals surface area contributed by atoms with Crippen LogP contribution in [0, 0.1) is 11.8 Å². The van der Waals surface area contributed by atoms with E-state index in [2.05, 4.69) is 24.3 Å². The molecule has 1 amide bonds. The van der Waals surface area contributed by atoms with Crippen molar-refractivity contribution in [3.8, 4) is 0 Å². The van der Waals surface area contributed by atoms with E-state index in [-0.39, 0.29) is 5.92 Å². The molecular formula is C18H23NO2. The minimum Gasteiger partial charge on any atom is -0.390 e. The molecule has 1 aromatic carbocycles. The van der Waals surface area contributed by atoms with E-state index in [0.29, 0.717) is 43.7 Å². The maximum absolute atomic E-state index is 12.8. The minimum atomic E-state index is -0.584. The highest BCUT2D eigenvalue weighted by atomic mass is 16.3. The highest BCUT2D eigenvalue weighted by Gasteiger charge is 2.58. The molecule has 3 unspecified atom stereocenters. The van der Waals surface area contributed by atoms with Gasteiger partial charge < -0.3 is 10.0 Å². The van der Waals surface area contributed by atoms with Gasteiger partial charge in [-0.15, -0.1) is 0 Å². The van der Waals surface area contributed by atoms with E-state index in [0.717, 1.165) is 12.8 Å². The van der Waals surface area contributed by atoms with Gasteiger partial charge in [-0.2, -0.15) is 0 Å². The lowest BCUT2D eigenvalue weighted by molar-refractivity contribution is -0.136. The number of likely N-dealkylation sites (tertiary alicyclic amines) is 1. The molecule has 3 atom stereocenters. The Balaban J connectivity index is 1.49. The van der Waals surface area contributed by atoms with E-state index in [9.17, 15) is 9.90 Å². The minimum absolute atomic E-state index is 0.205. The Hall–Kier alpha value is -1.35. The zero-order chi connectivity index (χ0) is 14.6. The summed E-state index contributed by atoms with van der Waals surface area (Å²) in [6, 6.07) is 8.62. The number of nitrogens with zero attached hydrogens (tertiary/aromatic N) is 1. The van der Waals surface area contributed by atoms with Crippen LogP contribution in [0.5, 0.6) is 0 Å². The fraction of sp³-hybridized carbons (Fsp3) is 0.611. The monoisotopic (exact) mass is 285 g/mol. The van der Waals surface area contributed by atoms with Gasteiger partial charge in [0.2, 0.25) is 5.91 Å². The van der Waals surface area contributed by atoms with Crippen LogP contribution in [0.1, 0.15) is 43.2 Å². The Bertz CT molecular complexity index is 570. The Morgan fingerprint density at radius 2 is 2.00 bits per heavy atom. The van der Waals surface area contributed by atoms with Crippen LogP contribution in [0.25, 0.3) is 0 Å². The third-order valence-electron chi connectivity index (χ3n) is 5.77. The first-order chi connectivity index (χ1) is 10.1. The van der Waals surface area contributed by atoms with Crippen molar-refractivity contribution in [3.05, 3.63) is 35.4 Å². The molecule has 1 heterocycles. The summed E-state index contributed by atoms with van der Waals surface area (Å²) in [5.41, 5.74) is 2.27. The molecule has 3 aliphatic rings. The molecule has 0 aromatic heterocycles. The van der Waals surface area contributed by atoms with Gasteiger partial charge in [-0.05, 0) is 55.6 Å². The standard InChI is InChI=1S/C18H23NO2/c1-18(21)8-10-19(11-9-18)17(20)16-14-7-6-12-4-2-3-5-13(12)15(14)16/h2-5,14-16,21H,6-11H2,1H3. The SMILES string of the molecule is CC1(O)CCN(C(=O)C2C3CCc4ccccc4C32)CC1. The van der Waals surface area contributed by atoms with Gasteiger partial charge in [0.05, 0.1) is 5.60 Å². The first-order valence-corrected chi connectivity index (χ1v) is 8.16. The fourth-order valence-corrected chi connectivity index (χ4v) is 4.32. The number of carbonyl (C=O) groups is 1. The Kier molecular flexibility index (Phi) is 2.90. The van der Waals surface area contributed by atoms with Gasteiger partial charge in [0, 0.05) is 19.0 Å². The summed E-state index contributed by atoms with van der Waals surface area (Å²) in [4.78, 5) is 14.8. The second kappa shape index (κ2) is 4.57. The summed E-state index contributed by atoms with van der Waals surface area (Å²) in [5.74, 6) is 1.56. The number of benzene rings is 1. The highest BCUT2D eigenvalue weighted by molar-refractivity contribution is 5.84. The van der Waals surface area contributed by atoms with Gasteiger partial charge in [-0.25, -0.2) is 0 Å². The van der Waals surface area contributed by atoms with Gasteiger partial charge >= 0.3 is 0 Å². The van der Waals surface area contributed by atoms with E-state index in [1.54, 1.807) is 0 Å². The number of hydrogen-bond acceptors (Lipinski definition) is 2. The van der Waals surface area contributed by atoms with Crippen molar-refractivity contribution in [2.45, 2.75) is 44.1 Å². The molecule has 0 radical (unpaired) electrons. The van der Waals surface area contributed by atoms with E-state index in [4.69, 9.17) is 0 Å². The van der Waals surface area contributed by atoms with Gasteiger partial charge in [0.1, 0.15) is 0 Å². The molecule has 0 spiro atoms. The molecule has 112 valence electrons. The smallest absolute Gasteiger partial charge is 0.226 e.